The van der Waals surface area contributed by atoms with E-state index < -0.39 is 17.3 Å². The van der Waals surface area contributed by atoms with E-state index >= 15 is 0 Å². The van der Waals surface area contributed by atoms with Gasteiger partial charge in [0.15, 0.2) is 11.5 Å². The molecular weight excluding hydrogens is 327 g/mol. The molecule has 1 atom stereocenters. The fourth-order valence-corrected chi connectivity index (χ4v) is 3.25. The van der Waals surface area contributed by atoms with Crippen LogP contribution in [0.4, 0.5) is 4.39 Å². The van der Waals surface area contributed by atoms with Crippen LogP contribution in [0.25, 0.3) is 0 Å². The van der Waals surface area contributed by atoms with Gasteiger partial charge in [0, 0.05) is 18.7 Å². The number of amides is 1. The summed E-state index contributed by atoms with van der Waals surface area (Å²) < 4.78 is 30.0. The van der Waals surface area contributed by atoms with Crippen molar-refractivity contribution in [1.29, 1.82) is 0 Å². The van der Waals surface area contributed by atoms with Crippen LogP contribution in [0.15, 0.2) is 12.1 Å². The van der Waals surface area contributed by atoms with Crippen LogP contribution in [0, 0.1) is 11.2 Å². The largest absolute Gasteiger partial charge is 0.493 e. The minimum atomic E-state index is -0.582. The lowest BCUT2D eigenvalue weighted by Gasteiger charge is -2.36. The summed E-state index contributed by atoms with van der Waals surface area (Å²) in [6, 6.07) is 2.33. The Balaban J connectivity index is 2.20. The lowest BCUT2D eigenvalue weighted by atomic mass is 9.78. The average molecular weight is 354 g/mol. The summed E-state index contributed by atoms with van der Waals surface area (Å²) >= 11 is 0. The Labute approximate surface area is 148 Å². The first kappa shape index (κ1) is 19.5. The first-order chi connectivity index (χ1) is 12.0. The molecule has 0 saturated carbocycles. The molecule has 0 aromatic heterocycles. The van der Waals surface area contributed by atoms with Gasteiger partial charge in [-0.3, -0.25) is 4.79 Å². The fourth-order valence-electron chi connectivity index (χ4n) is 3.25. The van der Waals surface area contributed by atoms with Crippen molar-refractivity contribution in [2.45, 2.75) is 25.8 Å². The first-order valence-electron chi connectivity index (χ1n) is 8.39. The Bertz CT molecular complexity index is 597. The molecule has 0 aliphatic carbocycles. The third kappa shape index (κ3) is 4.22. The maximum Gasteiger partial charge on any atom is 0.229 e. The summed E-state index contributed by atoms with van der Waals surface area (Å²) in [6.45, 7) is 3.62. The molecule has 2 N–H and O–H groups in total. The molecule has 1 unspecified atom stereocenters. The highest BCUT2D eigenvalue weighted by Crippen LogP contribution is 2.34. The van der Waals surface area contributed by atoms with Gasteiger partial charge in [-0.2, -0.15) is 0 Å². The highest BCUT2D eigenvalue weighted by molar-refractivity contribution is 5.83. The van der Waals surface area contributed by atoms with Crippen LogP contribution in [-0.2, 0) is 9.53 Å². The van der Waals surface area contributed by atoms with Gasteiger partial charge >= 0.3 is 0 Å². The highest BCUT2D eigenvalue weighted by Gasteiger charge is 2.40. The van der Waals surface area contributed by atoms with Crippen molar-refractivity contribution in [3.63, 3.8) is 0 Å². The minimum absolute atomic E-state index is 0.113. The molecule has 1 aliphatic heterocycles. The number of piperidine rings is 1. The standard InChI is InChI=1S/C18H27FN2O4/c1-12(13-9-15(24-3)16(25-4)10-14(13)19)21-17(22)18(11-23-2)5-7-20-8-6-18/h9-10,12,20H,5-8,11H2,1-4H3,(H,21,22). The molecule has 140 valence electrons. The average Bonchev–Trinajstić information content (AvgIpc) is 2.62. The van der Waals surface area contributed by atoms with E-state index in [1.807, 2.05) is 0 Å². The second-order valence-corrected chi connectivity index (χ2v) is 6.39. The van der Waals surface area contributed by atoms with Crippen molar-refractivity contribution in [3.8, 4) is 11.5 Å². The van der Waals surface area contributed by atoms with Crippen molar-refractivity contribution in [2.24, 2.45) is 5.41 Å². The number of rotatable bonds is 7. The van der Waals surface area contributed by atoms with Gasteiger partial charge in [-0.1, -0.05) is 0 Å². The molecule has 0 bridgehead atoms. The van der Waals surface area contributed by atoms with Crippen LogP contribution >= 0.6 is 0 Å². The number of carbonyl (C=O) groups is 1. The number of hydrogen-bond donors (Lipinski definition) is 2. The maximum atomic E-state index is 14.4. The van der Waals surface area contributed by atoms with Gasteiger partial charge in [0.2, 0.25) is 5.91 Å². The van der Waals surface area contributed by atoms with E-state index in [9.17, 15) is 9.18 Å². The molecule has 25 heavy (non-hydrogen) atoms. The number of ether oxygens (including phenoxy) is 3. The normalized spacial score (nSPS) is 17.6. The van der Waals surface area contributed by atoms with Gasteiger partial charge in [-0.25, -0.2) is 4.39 Å². The number of benzene rings is 1. The van der Waals surface area contributed by atoms with Crippen molar-refractivity contribution >= 4 is 5.91 Å². The predicted octanol–water partition coefficient (Wildman–Crippen LogP) is 2.04. The lowest BCUT2D eigenvalue weighted by Crippen LogP contribution is -2.50. The van der Waals surface area contributed by atoms with Crippen LogP contribution in [0.1, 0.15) is 31.4 Å². The van der Waals surface area contributed by atoms with Gasteiger partial charge < -0.3 is 24.8 Å². The van der Waals surface area contributed by atoms with Gasteiger partial charge in [0.1, 0.15) is 5.82 Å². The number of nitrogens with one attached hydrogen (secondary N) is 2. The summed E-state index contributed by atoms with van der Waals surface area (Å²) in [5, 5.41) is 6.19. The van der Waals surface area contributed by atoms with Gasteiger partial charge in [0.25, 0.3) is 0 Å². The highest BCUT2D eigenvalue weighted by atomic mass is 19.1. The molecule has 1 saturated heterocycles. The molecule has 1 fully saturated rings. The van der Waals surface area contributed by atoms with Crippen LogP contribution in [0.3, 0.4) is 0 Å². The Hall–Kier alpha value is -1.86. The third-order valence-electron chi connectivity index (χ3n) is 4.78. The molecule has 0 radical (unpaired) electrons. The van der Waals surface area contributed by atoms with E-state index in [-0.39, 0.29) is 5.91 Å². The van der Waals surface area contributed by atoms with E-state index in [4.69, 9.17) is 14.2 Å². The molecule has 7 heteroatoms. The Morgan fingerprint density at radius 1 is 1.24 bits per heavy atom. The molecule has 1 aliphatic rings. The third-order valence-corrected chi connectivity index (χ3v) is 4.78. The predicted molar refractivity (Wildman–Crippen MR) is 92.5 cm³/mol. The fraction of sp³-hybridized carbons (Fsp3) is 0.611. The van der Waals surface area contributed by atoms with Crippen molar-refractivity contribution in [2.75, 3.05) is 41.0 Å². The maximum absolute atomic E-state index is 14.4. The van der Waals surface area contributed by atoms with Gasteiger partial charge in [-0.15, -0.1) is 0 Å². The topological polar surface area (TPSA) is 68.8 Å². The summed E-state index contributed by atoms with van der Waals surface area (Å²) in [6.07, 6.45) is 1.38. The Kier molecular flexibility index (Phi) is 6.61. The second kappa shape index (κ2) is 8.49. The van der Waals surface area contributed by atoms with Crippen molar-refractivity contribution in [3.05, 3.63) is 23.5 Å². The lowest BCUT2D eigenvalue weighted by molar-refractivity contribution is -0.136. The smallest absolute Gasteiger partial charge is 0.229 e. The first-order valence-corrected chi connectivity index (χ1v) is 8.39. The monoisotopic (exact) mass is 354 g/mol. The van der Waals surface area contributed by atoms with Crippen molar-refractivity contribution < 1.29 is 23.4 Å². The van der Waals surface area contributed by atoms with Crippen LogP contribution in [-0.4, -0.2) is 46.9 Å². The molecule has 2 rings (SSSR count). The van der Waals surface area contributed by atoms with Crippen LogP contribution in [0.5, 0.6) is 11.5 Å². The van der Waals surface area contributed by atoms with Crippen LogP contribution < -0.4 is 20.1 Å². The number of methoxy groups -OCH3 is 3. The zero-order valence-electron chi connectivity index (χ0n) is 15.3. The zero-order valence-corrected chi connectivity index (χ0v) is 15.3. The van der Waals surface area contributed by atoms with E-state index in [1.54, 1.807) is 20.1 Å². The second-order valence-electron chi connectivity index (χ2n) is 6.39. The molecule has 1 aromatic rings. The molecular formula is C18H27FN2O4. The van der Waals surface area contributed by atoms with E-state index in [1.165, 1.54) is 20.3 Å². The zero-order chi connectivity index (χ0) is 18.4. The number of halogens is 1. The SMILES string of the molecule is COCC1(C(=O)NC(C)c2cc(OC)c(OC)cc2F)CCNCC1. The van der Waals surface area contributed by atoms with E-state index in [0.29, 0.717) is 36.5 Å². The number of hydrogen-bond acceptors (Lipinski definition) is 5. The molecule has 0 spiro atoms. The van der Waals surface area contributed by atoms with E-state index in [0.717, 1.165) is 13.1 Å². The summed E-state index contributed by atoms with van der Waals surface area (Å²) in [5.41, 5.74) is -0.228. The Morgan fingerprint density at radius 2 is 1.84 bits per heavy atom. The number of carbonyl (C=O) groups excluding carboxylic acids is 1. The summed E-state index contributed by atoms with van der Waals surface area (Å²) in [7, 11) is 4.54. The van der Waals surface area contributed by atoms with Crippen molar-refractivity contribution in [1.82, 2.24) is 10.6 Å². The van der Waals surface area contributed by atoms with Gasteiger partial charge in [-0.05, 0) is 38.9 Å². The molecule has 1 aromatic carbocycles. The van der Waals surface area contributed by atoms with E-state index in [2.05, 4.69) is 10.6 Å². The summed E-state index contributed by atoms with van der Waals surface area (Å²) in [5.74, 6) is 0.180. The molecule has 1 amide bonds. The Morgan fingerprint density at radius 3 is 2.40 bits per heavy atom. The summed E-state index contributed by atoms with van der Waals surface area (Å²) in [4.78, 5) is 12.9. The molecule has 6 nitrogen and oxygen atoms in total. The van der Waals surface area contributed by atoms with Crippen LogP contribution in [0.2, 0.25) is 0 Å². The molecule has 1 heterocycles. The quantitative estimate of drug-likeness (QED) is 0.784. The minimum Gasteiger partial charge on any atom is -0.493 e. The van der Waals surface area contributed by atoms with Gasteiger partial charge in [0.05, 0.1) is 32.3 Å².